The summed E-state index contributed by atoms with van der Waals surface area (Å²) < 4.78 is 38.6. The number of halogens is 1. The van der Waals surface area contributed by atoms with Crippen molar-refractivity contribution in [2.75, 3.05) is 6.26 Å². The van der Waals surface area contributed by atoms with Gasteiger partial charge in [-0.15, -0.1) is 0 Å². The summed E-state index contributed by atoms with van der Waals surface area (Å²) in [5.41, 5.74) is 1.30. The maximum absolute atomic E-state index is 14.2. The Bertz CT molecular complexity index is 1030. The maximum atomic E-state index is 14.2. The number of nitrogens with zero attached hydrogens (tertiary/aromatic N) is 2. The lowest BCUT2D eigenvalue weighted by Gasteiger charge is -2.09. The molecule has 6 nitrogen and oxygen atoms in total. The summed E-state index contributed by atoms with van der Waals surface area (Å²) in [4.78, 5) is 16.2. The van der Waals surface area contributed by atoms with Crippen LogP contribution in [0.3, 0.4) is 0 Å². The van der Waals surface area contributed by atoms with E-state index in [4.69, 9.17) is 0 Å². The summed E-state index contributed by atoms with van der Waals surface area (Å²) in [6.07, 6.45) is 5.80. The van der Waals surface area contributed by atoms with Gasteiger partial charge >= 0.3 is 0 Å². The zero-order valence-corrected chi connectivity index (χ0v) is 14.7. The second-order valence-corrected chi connectivity index (χ2v) is 7.75. The van der Waals surface area contributed by atoms with Gasteiger partial charge in [-0.3, -0.25) is 4.79 Å². The van der Waals surface area contributed by atoms with Crippen molar-refractivity contribution in [3.05, 3.63) is 78.1 Å². The third kappa shape index (κ3) is 3.97. The van der Waals surface area contributed by atoms with Crippen LogP contribution in [0.2, 0.25) is 0 Å². The number of carbonyl (C=O) groups excluding carboxylic acids is 1. The van der Waals surface area contributed by atoms with Crippen molar-refractivity contribution in [2.45, 2.75) is 11.4 Å². The second kappa shape index (κ2) is 7.09. The molecule has 1 amide bonds. The molecule has 0 bridgehead atoms. The van der Waals surface area contributed by atoms with E-state index in [1.807, 2.05) is 0 Å². The first-order valence-corrected chi connectivity index (χ1v) is 9.59. The highest BCUT2D eigenvalue weighted by atomic mass is 32.2. The average Bonchev–Trinajstić information content (AvgIpc) is 3.13. The molecule has 1 heterocycles. The number of benzene rings is 2. The molecule has 134 valence electrons. The molecule has 0 aliphatic carbocycles. The highest BCUT2D eigenvalue weighted by molar-refractivity contribution is 7.90. The molecule has 0 spiro atoms. The van der Waals surface area contributed by atoms with Crippen LogP contribution in [-0.2, 0) is 16.4 Å². The van der Waals surface area contributed by atoms with Gasteiger partial charge in [0.1, 0.15) is 5.82 Å². The minimum absolute atomic E-state index is 0.145. The van der Waals surface area contributed by atoms with Crippen LogP contribution < -0.4 is 5.32 Å². The number of hydrogen-bond acceptors (Lipinski definition) is 4. The SMILES string of the molecule is CS(=O)(=O)c1ccc(C(=O)NCc2ccc(-n3ccnc3)c(F)c2)cc1. The fourth-order valence-corrected chi connectivity index (χ4v) is 3.04. The number of hydrogen-bond donors (Lipinski definition) is 1. The first-order chi connectivity index (χ1) is 12.3. The minimum atomic E-state index is -3.31. The van der Waals surface area contributed by atoms with E-state index in [9.17, 15) is 17.6 Å². The van der Waals surface area contributed by atoms with Gasteiger partial charge in [0.15, 0.2) is 9.84 Å². The molecule has 3 aromatic rings. The largest absolute Gasteiger partial charge is 0.348 e. The Kier molecular flexibility index (Phi) is 4.85. The molecule has 0 aliphatic heterocycles. The minimum Gasteiger partial charge on any atom is -0.348 e. The van der Waals surface area contributed by atoms with E-state index in [1.54, 1.807) is 29.1 Å². The molecule has 1 aromatic heterocycles. The maximum Gasteiger partial charge on any atom is 0.251 e. The number of aromatic nitrogens is 2. The van der Waals surface area contributed by atoms with Crippen molar-refractivity contribution in [1.29, 1.82) is 0 Å². The van der Waals surface area contributed by atoms with E-state index in [2.05, 4.69) is 10.3 Å². The summed E-state index contributed by atoms with van der Waals surface area (Å²) in [5.74, 6) is -0.795. The Balaban J connectivity index is 1.67. The molecule has 8 heteroatoms. The third-order valence-corrected chi connectivity index (χ3v) is 4.92. The van der Waals surface area contributed by atoms with E-state index in [-0.39, 0.29) is 17.3 Å². The van der Waals surface area contributed by atoms with E-state index in [0.29, 0.717) is 16.8 Å². The molecule has 0 saturated heterocycles. The molecular formula is C18H16FN3O3S. The normalized spacial score (nSPS) is 11.3. The van der Waals surface area contributed by atoms with Gasteiger partial charge in [-0.2, -0.15) is 0 Å². The van der Waals surface area contributed by atoms with Crippen LogP contribution in [-0.4, -0.2) is 30.1 Å². The highest BCUT2D eigenvalue weighted by Gasteiger charge is 2.11. The molecule has 0 radical (unpaired) electrons. The van der Waals surface area contributed by atoms with Crippen molar-refractivity contribution in [3.8, 4) is 5.69 Å². The summed E-state index contributed by atoms with van der Waals surface area (Å²) in [7, 11) is -3.31. The van der Waals surface area contributed by atoms with E-state index in [0.717, 1.165) is 6.26 Å². The van der Waals surface area contributed by atoms with Crippen molar-refractivity contribution < 1.29 is 17.6 Å². The quantitative estimate of drug-likeness (QED) is 0.744. The summed E-state index contributed by atoms with van der Waals surface area (Å²) >= 11 is 0. The van der Waals surface area contributed by atoms with Gasteiger partial charge in [0.05, 0.1) is 16.9 Å². The Morgan fingerprint density at radius 2 is 1.92 bits per heavy atom. The topological polar surface area (TPSA) is 81.1 Å². The number of imidazole rings is 1. The standard InChI is InChI=1S/C18H16FN3O3S/c1-26(24,25)15-5-3-14(4-6-15)18(23)21-11-13-2-7-17(16(19)10-13)22-9-8-20-12-22/h2-10,12H,11H2,1H3,(H,21,23). The first-order valence-electron chi connectivity index (χ1n) is 7.70. The Morgan fingerprint density at radius 3 is 2.50 bits per heavy atom. The summed E-state index contributed by atoms with van der Waals surface area (Å²) in [6, 6.07) is 10.3. The second-order valence-electron chi connectivity index (χ2n) is 5.73. The van der Waals surface area contributed by atoms with Crippen molar-refractivity contribution in [2.24, 2.45) is 0 Å². The van der Waals surface area contributed by atoms with Gasteiger partial charge in [-0.25, -0.2) is 17.8 Å². The van der Waals surface area contributed by atoms with Crippen LogP contribution in [0.1, 0.15) is 15.9 Å². The Morgan fingerprint density at radius 1 is 1.19 bits per heavy atom. The molecule has 2 aromatic carbocycles. The van der Waals surface area contributed by atoms with Crippen molar-refractivity contribution in [1.82, 2.24) is 14.9 Å². The Labute approximate surface area is 150 Å². The van der Waals surface area contributed by atoms with Crippen LogP contribution in [0.25, 0.3) is 5.69 Å². The molecular weight excluding hydrogens is 357 g/mol. The number of carbonyl (C=O) groups is 1. The molecule has 0 fully saturated rings. The average molecular weight is 373 g/mol. The molecule has 26 heavy (non-hydrogen) atoms. The summed E-state index contributed by atoms with van der Waals surface area (Å²) in [6.45, 7) is 0.147. The van der Waals surface area contributed by atoms with Gasteiger partial charge in [0.2, 0.25) is 0 Å². The van der Waals surface area contributed by atoms with Crippen LogP contribution in [0.5, 0.6) is 0 Å². The number of sulfone groups is 1. The molecule has 1 N–H and O–H groups in total. The molecule has 0 aliphatic rings. The van der Waals surface area contributed by atoms with E-state index < -0.39 is 15.7 Å². The number of amides is 1. The van der Waals surface area contributed by atoms with Crippen LogP contribution in [0.4, 0.5) is 4.39 Å². The van der Waals surface area contributed by atoms with Crippen molar-refractivity contribution >= 4 is 15.7 Å². The first kappa shape index (κ1) is 17.8. The van der Waals surface area contributed by atoms with Gasteiger partial charge in [0, 0.05) is 30.8 Å². The molecule has 3 rings (SSSR count). The molecule has 0 unspecified atom stereocenters. The zero-order valence-electron chi connectivity index (χ0n) is 13.9. The summed E-state index contributed by atoms with van der Waals surface area (Å²) in [5, 5.41) is 2.68. The lowest BCUT2D eigenvalue weighted by molar-refractivity contribution is 0.0950. The van der Waals surface area contributed by atoms with E-state index >= 15 is 0 Å². The van der Waals surface area contributed by atoms with Crippen LogP contribution in [0, 0.1) is 5.82 Å². The Hall–Kier alpha value is -3.00. The van der Waals surface area contributed by atoms with Gasteiger partial charge in [-0.05, 0) is 42.0 Å². The predicted octanol–water partition coefficient (Wildman–Crippen LogP) is 2.34. The lowest BCUT2D eigenvalue weighted by Crippen LogP contribution is -2.22. The van der Waals surface area contributed by atoms with Crippen molar-refractivity contribution in [3.63, 3.8) is 0 Å². The van der Waals surface area contributed by atoms with Crippen LogP contribution >= 0.6 is 0 Å². The van der Waals surface area contributed by atoms with Gasteiger partial charge in [0.25, 0.3) is 5.91 Å². The fourth-order valence-electron chi connectivity index (χ4n) is 2.41. The van der Waals surface area contributed by atoms with Gasteiger partial charge in [-0.1, -0.05) is 6.07 Å². The number of nitrogens with one attached hydrogen (secondary N) is 1. The molecule has 0 saturated carbocycles. The highest BCUT2D eigenvalue weighted by Crippen LogP contribution is 2.15. The predicted molar refractivity (Wildman–Crippen MR) is 94.2 cm³/mol. The lowest BCUT2D eigenvalue weighted by atomic mass is 10.1. The third-order valence-electron chi connectivity index (χ3n) is 3.79. The smallest absolute Gasteiger partial charge is 0.251 e. The van der Waals surface area contributed by atoms with Gasteiger partial charge < -0.3 is 9.88 Å². The zero-order chi connectivity index (χ0) is 18.7. The monoisotopic (exact) mass is 373 g/mol. The van der Waals surface area contributed by atoms with E-state index in [1.165, 1.54) is 36.7 Å². The fraction of sp³-hybridized carbons (Fsp3) is 0.111. The van der Waals surface area contributed by atoms with Crippen LogP contribution in [0.15, 0.2) is 66.1 Å². The number of rotatable bonds is 5. The molecule has 0 atom stereocenters.